The molecule has 4 bridgehead atoms. The van der Waals surface area contributed by atoms with Crippen LogP contribution in [0.2, 0.25) is 0 Å². The molecule has 21 heavy (non-hydrogen) atoms. The standard InChI is InChI=1S/C17H28BrNO2/c1-16-5-12-4-13(6-16)8-17(7-12,11-16)15(20)19(2)9-14(18)10-21-3/h12-14H,4-11H2,1-3H3. The minimum Gasteiger partial charge on any atom is -0.383 e. The summed E-state index contributed by atoms with van der Waals surface area (Å²) in [5, 5.41) is 0. The number of carbonyl (C=O) groups excluding carboxylic acids is 1. The number of methoxy groups -OCH3 is 1. The summed E-state index contributed by atoms with van der Waals surface area (Å²) in [6.07, 6.45) is 7.48. The Hall–Kier alpha value is -0.0900. The van der Waals surface area contributed by atoms with Gasteiger partial charge in [-0.05, 0) is 55.8 Å². The summed E-state index contributed by atoms with van der Waals surface area (Å²) in [6, 6.07) is 0. The average molecular weight is 358 g/mol. The lowest BCUT2D eigenvalue weighted by molar-refractivity contribution is -0.164. The van der Waals surface area contributed by atoms with Crippen molar-refractivity contribution in [1.82, 2.24) is 4.90 Å². The van der Waals surface area contributed by atoms with Gasteiger partial charge in [-0.25, -0.2) is 0 Å². The molecule has 0 radical (unpaired) electrons. The summed E-state index contributed by atoms with van der Waals surface area (Å²) < 4.78 is 5.16. The van der Waals surface area contributed by atoms with Crippen LogP contribution in [0.15, 0.2) is 0 Å². The van der Waals surface area contributed by atoms with Crippen LogP contribution in [0.4, 0.5) is 0 Å². The van der Waals surface area contributed by atoms with Crippen LogP contribution < -0.4 is 0 Å². The van der Waals surface area contributed by atoms with E-state index in [4.69, 9.17) is 4.74 Å². The molecule has 4 rings (SSSR count). The van der Waals surface area contributed by atoms with E-state index in [9.17, 15) is 4.79 Å². The zero-order valence-electron chi connectivity index (χ0n) is 13.5. The van der Waals surface area contributed by atoms with Gasteiger partial charge in [0.25, 0.3) is 0 Å². The van der Waals surface area contributed by atoms with Crippen molar-refractivity contribution in [3.8, 4) is 0 Å². The third-order valence-corrected chi connectivity index (χ3v) is 6.53. The van der Waals surface area contributed by atoms with Gasteiger partial charge in [-0.1, -0.05) is 22.9 Å². The van der Waals surface area contributed by atoms with Crippen LogP contribution in [0, 0.1) is 22.7 Å². The highest BCUT2D eigenvalue weighted by molar-refractivity contribution is 9.09. The Morgan fingerprint density at radius 3 is 2.48 bits per heavy atom. The van der Waals surface area contributed by atoms with Crippen LogP contribution in [0.1, 0.15) is 45.4 Å². The first-order chi connectivity index (χ1) is 9.86. The highest BCUT2D eigenvalue weighted by atomic mass is 79.9. The van der Waals surface area contributed by atoms with E-state index in [1.807, 2.05) is 11.9 Å². The molecule has 0 saturated heterocycles. The quantitative estimate of drug-likeness (QED) is 0.705. The van der Waals surface area contributed by atoms with Gasteiger partial charge in [-0.2, -0.15) is 0 Å². The molecule has 3 nitrogen and oxygen atoms in total. The van der Waals surface area contributed by atoms with E-state index in [1.165, 1.54) is 19.3 Å². The van der Waals surface area contributed by atoms with E-state index < -0.39 is 0 Å². The summed E-state index contributed by atoms with van der Waals surface area (Å²) in [4.78, 5) is 15.3. The van der Waals surface area contributed by atoms with E-state index in [-0.39, 0.29) is 10.2 Å². The van der Waals surface area contributed by atoms with E-state index >= 15 is 0 Å². The van der Waals surface area contributed by atoms with Gasteiger partial charge in [0, 0.05) is 20.7 Å². The second kappa shape index (κ2) is 5.52. The Morgan fingerprint density at radius 2 is 1.95 bits per heavy atom. The molecule has 1 amide bonds. The molecule has 0 spiro atoms. The number of nitrogens with zero attached hydrogens (tertiary/aromatic N) is 1. The second-order valence-electron chi connectivity index (χ2n) is 8.29. The van der Waals surface area contributed by atoms with Crippen LogP contribution in [0.5, 0.6) is 0 Å². The lowest BCUT2D eigenvalue weighted by Crippen LogP contribution is -2.57. The van der Waals surface area contributed by atoms with Crippen LogP contribution in [-0.4, -0.2) is 42.9 Å². The number of ether oxygens (including phenoxy) is 1. The van der Waals surface area contributed by atoms with Gasteiger partial charge in [-0.3, -0.25) is 4.79 Å². The van der Waals surface area contributed by atoms with Gasteiger partial charge < -0.3 is 9.64 Å². The molecule has 4 aliphatic rings. The monoisotopic (exact) mass is 357 g/mol. The van der Waals surface area contributed by atoms with Crippen molar-refractivity contribution in [2.24, 2.45) is 22.7 Å². The van der Waals surface area contributed by atoms with Gasteiger partial charge in [0.15, 0.2) is 0 Å². The topological polar surface area (TPSA) is 29.5 Å². The Bertz CT molecular complexity index is 411. The van der Waals surface area contributed by atoms with Crippen molar-refractivity contribution in [2.45, 2.75) is 50.3 Å². The number of halogens is 1. The summed E-state index contributed by atoms with van der Waals surface area (Å²) in [7, 11) is 3.67. The lowest BCUT2D eigenvalue weighted by Gasteiger charge is -2.61. The highest BCUT2D eigenvalue weighted by Gasteiger charge is 2.59. The molecule has 0 aromatic carbocycles. The summed E-state index contributed by atoms with van der Waals surface area (Å²) in [6.45, 7) is 3.80. The molecule has 0 aromatic rings. The third-order valence-electron chi connectivity index (χ3n) is 5.97. The van der Waals surface area contributed by atoms with Crippen LogP contribution in [-0.2, 0) is 9.53 Å². The lowest BCUT2D eigenvalue weighted by atomic mass is 9.44. The summed E-state index contributed by atoms with van der Waals surface area (Å²) >= 11 is 3.61. The first-order valence-electron chi connectivity index (χ1n) is 8.24. The third kappa shape index (κ3) is 2.90. The van der Waals surface area contributed by atoms with Gasteiger partial charge >= 0.3 is 0 Å². The molecule has 3 unspecified atom stereocenters. The first-order valence-corrected chi connectivity index (χ1v) is 9.16. The molecule has 4 saturated carbocycles. The predicted molar refractivity (Wildman–Crippen MR) is 87.5 cm³/mol. The number of amides is 1. The molecule has 4 fully saturated rings. The maximum absolute atomic E-state index is 13.1. The molecule has 4 heteroatoms. The molecule has 0 aromatic heterocycles. The van der Waals surface area contributed by atoms with Crippen molar-refractivity contribution in [3.05, 3.63) is 0 Å². The summed E-state index contributed by atoms with van der Waals surface area (Å²) in [5.74, 6) is 1.99. The molecule has 3 atom stereocenters. The van der Waals surface area contributed by atoms with Gasteiger partial charge in [0.2, 0.25) is 5.91 Å². The van der Waals surface area contributed by atoms with Crippen LogP contribution in [0.3, 0.4) is 0 Å². The van der Waals surface area contributed by atoms with Gasteiger partial charge in [0.05, 0.1) is 16.8 Å². The van der Waals surface area contributed by atoms with Gasteiger partial charge in [0.1, 0.15) is 0 Å². The molecule has 4 aliphatic carbocycles. The Balaban J connectivity index is 1.72. The van der Waals surface area contributed by atoms with Crippen LogP contribution in [0.25, 0.3) is 0 Å². The smallest absolute Gasteiger partial charge is 0.228 e. The molecular weight excluding hydrogens is 330 g/mol. The average Bonchev–Trinajstić information content (AvgIpc) is 2.34. The maximum Gasteiger partial charge on any atom is 0.228 e. The van der Waals surface area contributed by atoms with E-state index in [0.717, 1.165) is 37.6 Å². The fourth-order valence-corrected chi connectivity index (χ4v) is 6.69. The van der Waals surface area contributed by atoms with Crippen LogP contribution >= 0.6 is 15.9 Å². The number of carbonyl (C=O) groups is 1. The van der Waals surface area contributed by atoms with Crippen molar-refractivity contribution < 1.29 is 9.53 Å². The predicted octanol–water partition coefficient (Wildman–Crippen LogP) is 3.46. The number of alkyl halides is 1. The van der Waals surface area contributed by atoms with Crippen molar-refractivity contribution in [2.75, 3.05) is 27.3 Å². The largest absolute Gasteiger partial charge is 0.383 e. The SMILES string of the molecule is COCC(Br)CN(C)C(=O)C12CC3CC(CC(C)(C3)C1)C2. The van der Waals surface area contributed by atoms with Crippen molar-refractivity contribution in [1.29, 1.82) is 0 Å². The first kappa shape index (κ1) is 15.8. The maximum atomic E-state index is 13.1. The van der Waals surface area contributed by atoms with E-state index in [1.54, 1.807) is 7.11 Å². The normalized spacial score (nSPS) is 42.1. The molecule has 0 aliphatic heterocycles. The Labute approximate surface area is 136 Å². The molecule has 0 heterocycles. The summed E-state index contributed by atoms with van der Waals surface area (Å²) in [5.41, 5.74) is 0.383. The van der Waals surface area contributed by atoms with Crippen molar-refractivity contribution >= 4 is 21.8 Å². The number of hydrogen-bond donors (Lipinski definition) is 0. The van der Waals surface area contributed by atoms with Gasteiger partial charge in [-0.15, -0.1) is 0 Å². The number of hydrogen-bond acceptors (Lipinski definition) is 2. The second-order valence-corrected chi connectivity index (χ2v) is 9.59. The fourth-order valence-electron chi connectivity index (χ4n) is 5.99. The molecular formula is C17H28BrNO2. The fraction of sp³-hybridized carbons (Fsp3) is 0.941. The zero-order valence-corrected chi connectivity index (χ0v) is 15.1. The van der Waals surface area contributed by atoms with E-state index in [2.05, 4.69) is 22.9 Å². The Morgan fingerprint density at radius 1 is 1.33 bits per heavy atom. The minimum absolute atomic E-state index is 0.0482. The molecule has 120 valence electrons. The number of rotatable bonds is 5. The van der Waals surface area contributed by atoms with E-state index in [0.29, 0.717) is 17.9 Å². The minimum atomic E-state index is -0.0482. The zero-order chi connectivity index (χ0) is 15.3. The highest BCUT2D eigenvalue weighted by Crippen LogP contribution is 2.65. The Kier molecular flexibility index (Phi) is 4.15. The molecule has 0 N–H and O–H groups in total. The van der Waals surface area contributed by atoms with Crippen molar-refractivity contribution in [3.63, 3.8) is 0 Å².